The summed E-state index contributed by atoms with van der Waals surface area (Å²) in [6.07, 6.45) is 5.32. The number of benzene rings is 1. The molecule has 0 bridgehead atoms. The average Bonchev–Trinajstić information content (AvgIpc) is 2.36. The van der Waals surface area contributed by atoms with E-state index in [-0.39, 0.29) is 12.8 Å². The molecule has 1 saturated heterocycles. The molecule has 0 N–H and O–H groups in total. The predicted octanol–water partition coefficient (Wildman–Crippen LogP) is 2.69. The fourth-order valence-corrected chi connectivity index (χ4v) is 3.21. The van der Waals surface area contributed by atoms with Gasteiger partial charge < -0.3 is 4.74 Å². The quantitative estimate of drug-likeness (QED) is 0.574. The van der Waals surface area contributed by atoms with Crippen molar-refractivity contribution in [1.82, 2.24) is 0 Å². The molecule has 1 aliphatic heterocycles. The summed E-state index contributed by atoms with van der Waals surface area (Å²) in [6.45, 7) is 1.98. The van der Waals surface area contributed by atoms with E-state index in [1.165, 1.54) is 24.0 Å². The topological polar surface area (TPSA) is 43.4 Å². The van der Waals surface area contributed by atoms with E-state index in [0.29, 0.717) is 0 Å². The second kappa shape index (κ2) is 4.48. The van der Waals surface area contributed by atoms with Crippen LogP contribution in [-0.2, 0) is 32.6 Å². The van der Waals surface area contributed by atoms with Gasteiger partial charge in [-0.2, -0.15) is 0 Å². The first-order valence-electron chi connectivity index (χ1n) is 6.93. The van der Waals surface area contributed by atoms with E-state index in [9.17, 15) is 9.59 Å². The van der Waals surface area contributed by atoms with Gasteiger partial charge in [-0.25, -0.2) is 0 Å². The molecule has 0 saturated carbocycles. The third-order valence-electron chi connectivity index (χ3n) is 4.34. The molecule has 100 valence electrons. The molecule has 1 aromatic rings. The van der Waals surface area contributed by atoms with Gasteiger partial charge in [0, 0.05) is 5.41 Å². The Bertz CT molecular complexity index is 529. The number of aryl methyl sites for hydroxylation is 2. The number of esters is 2. The summed E-state index contributed by atoms with van der Waals surface area (Å²) >= 11 is 0. The molecule has 0 amide bonds. The van der Waals surface area contributed by atoms with Crippen molar-refractivity contribution in [3.05, 3.63) is 34.9 Å². The molecule has 0 unspecified atom stereocenters. The molecule has 3 nitrogen and oxygen atoms in total. The smallest absolute Gasteiger partial charge is 0.314 e. The van der Waals surface area contributed by atoms with Crippen molar-refractivity contribution >= 4 is 11.9 Å². The first-order valence-corrected chi connectivity index (χ1v) is 6.93. The van der Waals surface area contributed by atoms with Gasteiger partial charge in [-0.15, -0.1) is 0 Å². The van der Waals surface area contributed by atoms with Gasteiger partial charge in [-0.3, -0.25) is 9.59 Å². The molecule has 1 fully saturated rings. The van der Waals surface area contributed by atoms with Crippen molar-refractivity contribution in [2.45, 2.75) is 50.9 Å². The first-order chi connectivity index (χ1) is 9.07. The Morgan fingerprint density at radius 3 is 2.32 bits per heavy atom. The van der Waals surface area contributed by atoms with Crippen molar-refractivity contribution in [3.63, 3.8) is 0 Å². The number of hydrogen-bond acceptors (Lipinski definition) is 3. The minimum atomic E-state index is -0.406. The lowest BCUT2D eigenvalue weighted by molar-refractivity contribution is -0.166. The van der Waals surface area contributed by atoms with Crippen LogP contribution in [0.25, 0.3) is 0 Å². The van der Waals surface area contributed by atoms with Crippen LogP contribution in [0, 0.1) is 0 Å². The molecule has 0 spiro atoms. The minimum absolute atomic E-state index is 0.289. The number of hydrogen-bond donors (Lipinski definition) is 0. The Morgan fingerprint density at radius 2 is 1.63 bits per heavy atom. The predicted molar refractivity (Wildman–Crippen MR) is 70.8 cm³/mol. The van der Waals surface area contributed by atoms with Crippen LogP contribution >= 0.6 is 0 Å². The van der Waals surface area contributed by atoms with Gasteiger partial charge in [-0.1, -0.05) is 25.1 Å². The summed E-state index contributed by atoms with van der Waals surface area (Å²) in [4.78, 5) is 23.0. The van der Waals surface area contributed by atoms with Gasteiger partial charge in [0.2, 0.25) is 0 Å². The minimum Gasteiger partial charge on any atom is -0.393 e. The van der Waals surface area contributed by atoms with E-state index in [4.69, 9.17) is 0 Å². The van der Waals surface area contributed by atoms with Crippen molar-refractivity contribution in [3.8, 4) is 0 Å². The fourth-order valence-electron chi connectivity index (χ4n) is 3.21. The van der Waals surface area contributed by atoms with Gasteiger partial charge in [-0.05, 0) is 42.4 Å². The zero-order valence-corrected chi connectivity index (χ0v) is 11.2. The number of fused-ring (bicyclic) bond motifs is 1. The van der Waals surface area contributed by atoms with Gasteiger partial charge in [0.15, 0.2) is 0 Å². The summed E-state index contributed by atoms with van der Waals surface area (Å²) < 4.78 is 4.64. The van der Waals surface area contributed by atoms with Crippen LogP contribution in [0.3, 0.4) is 0 Å². The normalized spacial score (nSPS) is 21.7. The molecule has 1 aliphatic carbocycles. The van der Waals surface area contributed by atoms with Crippen molar-refractivity contribution in [2.24, 2.45) is 0 Å². The third kappa shape index (κ3) is 2.29. The van der Waals surface area contributed by atoms with E-state index in [2.05, 4.69) is 22.9 Å². The van der Waals surface area contributed by atoms with Gasteiger partial charge >= 0.3 is 11.9 Å². The van der Waals surface area contributed by atoms with E-state index in [0.717, 1.165) is 18.4 Å². The largest absolute Gasteiger partial charge is 0.393 e. The summed E-state index contributed by atoms with van der Waals surface area (Å²) in [5.41, 5.74) is 3.50. The maximum Gasteiger partial charge on any atom is 0.314 e. The molecular formula is C16H18O3. The number of carbonyl (C=O) groups excluding carboxylic acids is 2. The van der Waals surface area contributed by atoms with Crippen LogP contribution in [-0.4, -0.2) is 11.9 Å². The molecule has 1 heterocycles. The Balaban J connectivity index is 1.96. The van der Waals surface area contributed by atoms with Crippen molar-refractivity contribution in [2.75, 3.05) is 0 Å². The van der Waals surface area contributed by atoms with Crippen LogP contribution in [0.5, 0.6) is 0 Å². The Hall–Kier alpha value is -1.64. The number of rotatable bonds is 1. The summed E-state index contributed by atoms with van der Waals surface area (Å²) in [6, 6.07) is 6.44. The Kier molecular flexibility index (Phi) is 2.92. The zero-order valence-electron chi connectivity index (χ0n) is 11.2. The fraction of sp³-hybridized carbons (Fsp3) is 0.500. The van der Waals surface area contributed by atoms with E-state index in [1.54, 1.807) is 0 Å². The van der Waals surface area contributed by atoms with Gasteiger partial charge in [0.05, 0.1) is 12.8 Å². The van der Waals surface area contributed by atoms with Crippen LogP contribution in [0.1, 0.15) is 49.3 Å². The zero-order chi connectivity index (χ0) is 13.5. The number of cyclic esters (lactones) is 2. The maximum absolute atomic E-state index is 11.5. The summed E-state index contributed by atoms with van der Waals surface area (Å²) in [7, 11) is 0. The molecular weight excluding hydrogens is 240 g/mol. The number of ether oxygens (including phenoxy) is 1. The van der Waals surface area contributed by atoms with E-state index >= 15 is 0 Å². The molecule has 0 radical (unpaired) electrons. The highest BCUT2D eigenvalue weighted by Gasteiger charge is 2.39. The lowest BCUT2D eigenvalue weighted by atomic mass is 9.74. The monoisotopic (exact) mass is 258 g/mol. The summed E-state index contributed by atoms with van der Waals surface area (Å²) in [5, 5.41) is 0. The highest BCUT2D eigenvalue weighted by Crippen LogP contribution is 2.37. The lowest BCUT2D eigenvalue weighted by Crippen LogP contribution is -2.36. The first kappa shape index (κ1) is 12.4. The number of carbonyl (C=O) groups is 2. The molecule has 0 atom stereocenters. The highest BCUT2D eigenvalue weighted by atomic mass is 16.6. The van der Waals surface area contributed by atoms with Crippen molar-refractivity contribution in [1.29, 1.82) is 0 Å². The van der Waals surface area contributed by atoms with Gasteiger partial charge in [0.1, 0.15) is 0 Å². The molecule has 2 aliphatic rings. The summed E-state index contributed by atoms with van der Waals surface area (Å²) in [5.74, 6) is -0.812. The molecule has 0 aromatic heterocycles. The average molecular weight is 258 g/mol. The van der Waals surface area contributed by atoms with Crippen molar-refractivity contribution < 1.29 is 14.3 Å². The Labute approximate surface area is 113 Å². The standard InChI is InChI=1S/C16H18O3/c1-16(9-14(17)19-15(18)10-16)13-7-6-11-4-2-3-5-12(11)8-13/h6-8H,2-5,9-10H2,1H3. The molecule has 3 heteroatoms. The third-order valence-corrected chi connectivity index (χ3v) is 4.34. The second-order valence-electron chi connectivity index (χ2n) is 5.95. The van der Waals surface area contributed by atoms with Gasteiger partial charge in [0.25, 0.3) is 0 Å². The van der Waals surface area contributed by atoms with Crippen LogP contribution < -0.4 is 0 Å². The molecule has 1 aromatic carbocycles. The Morgan fingerprint density at radius 1 is 1.00 bits per heavy atom. The maximum atomic E-state index is 11.5. The second-order valence-corrected chi connectivity index (χ2v) is 5.95. The molecule has 3 rings (SSSR count). The SMILES string of the molecule is CC1(c2ccc3c(c2)CCCC3)CC(=O)OC(=O)C1. The highest BCUT2D eigenvalue weighted by molar-refractivity contribution is 5.90. The van der Waals surface area contributed by atoms with Crippen LogP contribution in [0.15, 0.2) is 18.2 Å². The van der Waals surface area contributed by atoms with Crippen LogP contribution in [0.2, 0.25) is 0 Å². The lowest BCUT2D eigenvalue weighted by Gasteiger charge is -2.32. The van der Waals surface area contributed by atoms with Crippen LogP contribution in [0.4, 0.5) is 0 Å². The van der Waals surface area contributed by atoms with E-state index in [1.807, 2.05) is 6.92 Å². The molecule has 19 heavy (non-hydrogen) atoms. The van der Waals surface area contributed by atoms with E-state index < -0.39 is 17.4 Å².